The number of hydrogen-bond donors (Lipinski definition) is 1. The van der Waals surface area contributed by atoms with E-state index in [1.54, 1.807) is 0 Å². The number of nitrogens with one attached hydrogen (secondary N) is 1. The molecule has 1 aliphatic heterocycles. The van der Waals surface area contributed by atoms with Crippen molar-refractivity contribution in [3.63, 3.8) is 0 Å². The van der Waals surface area contributed by atoms with Crippen LogP contribution in [0.2, 0.25) is 0 Å². The third kappa shape index (κ3) is 3.14. The van der Waals surface area contributed by atoms with Gasteiger partial charge in [-0.05, 0) is 38.4 Å². The molecule has 2 rings (SSSR count). The Hall–Kier alpha value is 0.270. The molecule has 2 aliphatic rings. The van der Waals surface area contributed by atoms with Gasteiger partial charge in [0.1, 0.15) is 0 Å². The first-order valence-electron chi connectivity index (χ1n) is 8.17. The Kier molecular flexibility index (Phi) is 5.24. The highest BCUT2D eigenvalue weighted by atomic mass is 32.2. The average molecular weight is 285 g/mol. The van der Waals surface area contributed by atoms with Crippen LogP contribution in [-0.4, -0.2) is 47.1 Å². The van der Waals surface area contributed by atoms with E-state index < -0.39 is 0 Å². The van der Waals surface area contributed by atoms with Crippen molar-refractivity contribution < 1.29 is 0 Å². The average Bonchev–Trinajstić information content (AvgIpc) is 2.42. The van der Waals surface area contributed by atoms with Crippen molar-refractivity contribution in [1.82, 2.24) is 10.2 Å². The molecular weight excluding hydrogens is 252 g/mol. The summed E-state index contributed by atoms with van der Waals surface area (Å²) in [4.78, 5) is 2.82. The zero-order valence-corrected chi connectivity index (χ0v) is 14.1. The lowest BCUT2D eigenvalue weighted by Crippen LogP contribution is -2.65. The first-order chi connectivity index (χ1) is 9.12. The van der Waals surface area contributed by atoms with Crippen molar-refractivity contribution in [2.75, 3.05) is 25.9 Å². The van der Waals surface area contributed by atoms with Gasteiger partial charge in [0.15, 0.2) is 0 Å². The van der Waals surface area contributed by atoms with Gasteiger partial charge in [0.25, 0.3) is 0 Å². The third-order valence-corrected chi connectivity index (χ3v) is 7.15. The van der Waals surface area contributed by atoms with Crippen LogP contribution in [0.5, 0.6) is 0 Å². The minimum atomic E-state index is 0.370. The molecule has 0 aromatic rings. The van der Waals surface area contributed by atoms with Gasteiger partial charge in [-0.1, -0.05) is 27.2 Å². The van der Waals surface area contributed by atoms with Gasteiger partial charge < -0.3 is 5.32 Å². The largest absolute Gasteiger partial charge is 0.308 e. The number of piperazine rings is 1. The zero-order chi connectivity index (χ0) is 13.9. The fourth-order valence-corrected chi connectivity index (χ4v) is 4.71. The van der Waals surface area contributed by atoms with E-state index in [1.807, 2.05) is 0 Å². The normalized spacial score (nSPS) is 30.0. The Balaban J connectivity index is 2.05. The van der Waals surface area contributed by atoms with Gasteiger partial charge in [0.2, 0.25) is 0 Å². The molecular formula is C16H32N2S. The molecule has 0 bridgehead atoms. The first kappa shape index (κ1) is 15.7. The summed E-state index contributed by atoms with van der Waals surface area (Å²) in [7, 11) is 0. The molecule has 0 spiro atoms. The molecule has 1 saturated carbocycles. The second-order valence-corrected chi connectivity index (χ2v) is 7.85. The summed E-state index contributed by atoms with van der Waals surface area (Å²) >= 11 is 2.12. The maximum absolute atomic E-state index is 3.85. The van der Waals surface area contributed by atoms with Crippen LogP contribution in [0, 0.1) is 0 Å². The lowest BCUT2D eigenvalue weighted by atomic mass is 9.81. The van der Waals surface area contributed by atoms with E-state index in [-0.39, 0.29) is 0 Å². The molecule has 3 heteroatoms. The van der Waals surface area contributed by atoms with Crippen LogP contribution in [-0.2, 0) is 0 Å². The van der Waals surface area contributed by atoms with Crippen LogP contribution in [0.4, 0.5) is 0 Å². The van der Waals surface area contributed by atoms with Gasteiger partial charge in [-0.2, -0.15) is 11.8 Å². The summed E-state index contributed by atoms with van der Waals surface area (Å²) in [6.45, 7) is 10.8. The fourth-order valence-electron chi connectivity index (χ4n) is 3.72. The Morgan fingerprint density at radius 1 is 1.21 bits per heavy atom. The van der Waals surface area contributed by atoms with Crippen molar-refractivity contribution in [1.29, 1.82) is 0 Å². The number of hydrogen-bond acceptors (Lipinski definition) is 3. The number of thioether (sulfide) groups is 1. The maximum atomic E-state index is 3.85. The van der Waals surface area contributed by atoms with Crippen LogP contribution in [0.15, 0.2) is 0 Å². The van der Waals surface area contributed by atoms with Crippen molar-refractivity contribution in [2.45, 2.75) is 75.6 Å². The van der Waals surface area contributed by atoms with E-state index in [4.69, 9.17) is 0 Å². The van der Waals surface area contributed by atoms with E-state index in [2.05, 4.69) is 49.0 Å². The molecule has 112 valence electrons. The van der Waals surface area contributed by atoms with Crippen molar-refractivity contribution in [2.24, 2.45) is 0 Å². The molecule has 1 atom stereocenters. The summed E-state index contributed by atoms with van der Waals surface area (Å²) in [5.74, 6) is 0. The van der Waals surface area contributed by atoms with Crippen LogP contribution < -0.4 is 5.32 Å². The molecule has 1 aliphatic carbocycles. The van der Waals surface area contributed by atoms with E-state index in [0.717, 1.165) is 6.04 Å². The third-order valence-electron chi connectivity index (χ3n) is 5.75. The Labute approximate surface area is 124 Å². The lowest BCUT2D eigenvalue weighted by Gasteiger charge is -2.52. The molecule has 2 nitrogen and oxygen atoms in total. The highest BCUT2D eigenvalue weighted by molar-refractivity contribution is 8.00. The van der Waals surface area contributed by atoms with Crippen molar-refractivity contribution in [3.05, 3.63) is 0 Å². The summed E-state index contributed by atoms with van der Waals surface area (Å²) < 4.78 is 0.581. The van der Waals surface area contributed by atoms with Gasteiger partial charge in [-0.15, -0.1) is 0 Å². The van der Waals surface area contributed by atoms with Gasteiger partial charge in [-0.3, -0.25) is 4.90 Å². The van der Waals surface area contributed by atoms with Crippen molar-refractivity contribution >= 4 is 11.8 Å². The summed E-state index contributed by atoms with van der Waals surface area (Å²) in [6, 6.07) is 0.746. The topological polar surface area (TPSA) is 15.3 Å². The quantitative estimate of drug-likeness (QED) is 0.803. The summed E-state index contributed by atoms with van der Waals surface area (Å²) in [5, 5.41) is 3.85. The minimum Gasteiger partial charge on any atom is -0.308 e. The van der Waals surface area contributed by atoms with Crippen LogP contribution >= 0.6 is 11.8 Å². The van der Waals surface area contributed by atoms with Gasteiger partial charge in [0.05, 0.1) is 0 Å². The Morgan fingerprint density at radius 2 is 1.89 bits per heavy atom. The van der Waals surface area contributed by atoms with E-state index in [0.29, 0.717) is 10.3 Å². The van der Waals surface area contributed by atoms with E-state index in [9.17, 15) is 0 Å². The minimum absolute atomic E-state index is 0.370. The SMILES string of the molecule is CCC1CNC(CC)(CC)CN1CC1(SC)CCC1. The molecule has 19 heavy (non-hydrogen) atoms. The zero-order valence-electron chi connectivity index (χ0n) is 13.3. The molecule has 1 unspecified atom stereocenters. The number of rotatable bonds is 6. The highest BCUT2D eigenvalue weighted by Crippen LogP contribution is 2.44. The second kappa shape index (κ2) is 6.36. The lowest BCUT2D eigenvalue weighted by molar-refractivity contribution is 0.0527. The molecule has 0 aromatic heterocycles. The Morgan fingerprint density at radius 3 is 2.32 bits per heavy atom. The van der Waals surface area contributed by atoms with Crippen LogP contribution in [0.25, 0.3) is 0 Å². The highest BCUT2D eigenvalue weighted by Gasteiger charge is 2.43. The monoisotopic (exact) mass is 284 g/mol. The molecule has 1 saturated heterocycles. The van der Waals surface area contributed by atoms with Crippen LogP contribution in [0.3, 0.4) is 0 Å². The predicted molar refractivity (Wildman–Crippen MR) is 87.1 cm³/mol. The van der Waals surface area contributed by atoms with E-state index >= 15 is 0 Å². The molecule has 1 heterocycles. The van der Waals surface area contributed by atoms with Crippen LogP contribution in [0.1, 0.15) is 59.3 Å². The summed E-state index contributed by atoms with van der Waals surface area (Å²) in [5.41, 5.74) is 0.370. The van der Waals surface area contributed by atoms with Gasteiger partial charge in [-0.25, -0.2) is 0 Å². The number of nitrogens with zero attached hydrogens (tertiary/aromatic N) is 1. The summed E-state index contributed by atoms with van der Waals surface area (Å²) in [6.07, 6.45) is 10.4. The predicted octanol–water partition coefficient (Wildman–Crippen LogP) is 3.51. The Bertz CT molecular complexity index is 277. The molecule has 0 radical (unpaired) electrons. The molecule has 0 amide bonds. The first-order valence-corrected chi connectivity index (χ1v) is 9.39. The standard InChI is InChI=1S/C16H32N2S/c1-5-14-11-17-15(6-2,7-3)12-18(14)13-16(19-4)9-8-10-16/h14,17H,5-13H2,1-4H3. The van der Waals surface area contributed by atoms with Crippen molar-refractivity contribution in [3.8, 4) is 0 Å². The maximum Gasteiger partial charge on any atom is 0.0304 e. The molecule has 2 fully saturated rings. The second-order valence-electron chi connectivity index (χ2n) is 6.58. The van der Waals surface area contributed by atoms with Gasteiger partial charge in [0, 0.05) is 36.0 Å². The van der Waals surface area contributed by atoms with E-state index in [1.165, 1.54) is 58.2 Å². The fraction of sp³-hybridized carbons (Fsp3) is 1.00. The smallest absolute Gasteiger partial charge is 0.0304 e. The molecule has 1 N–H and O–H groups in total. The molecule has 0 aromatic carbocycles. The van der Waals surface area contributed by atoms with Gasteiger partial charge >= 0.3 is 0 Å².